The van der Waals surface area contributed by atoms with E-state index in [1.54, 1.807) is 0 Å². The number of ether oxygens (including phenoxy) is 2. The number of fused-ring (bicyclic) bond motifs is 1. The molecule has 1 aliphatic rings. The zero-order valence-electron chi connectivity index (χ0n) is 11.0. The molecule has 0 bridgehead atoms. The summed E-state index contributed by atoms with van der Waals surface area (Å²) in [7, 11) is 0. The highest BCUT2D eigenvalue weighted by Gasteiger charge is 2.20. The van der Waals surface area contributed by atoms with Crippen LogP contribution in [-0.2, 0) is 0 Å². The molecule has 0 aromatic heterocycles. The van der Waals surface area contributed by atoms with Gasteiger partial charge in [0.15, 0.2) is 17.3 Å². The Hall–Kier alpha value is -2.00. The second kappa shape index (κ2) is 5.17. The minimum atomic E-state index is -0.0393. The van der Waals surface area contributed by atoms with Crippen molar-refractivity contribution in [3.05, 3.63) is 47.0 Å². The smallest absolute Gasteiger partial charge is 0.172 e. The second-order valence-electron chi connectivity index (χ2n) is 4.61. The summed E-state index contributed by atoms with van der Waals surface area (Å²) in [6.07, 6.45) is 0. The van der Waals surface area contributed by atoms with E-state index in [9.17, 15) is 4.79 Å². The summed E-state index contributed by atoms with van der Waals surface area (Å²) >= 11 is 5.90. The Bertz CT molecular complexity index is 662. The van der Waals surface area contributed by atoms with Crippen molar-refractivity contribution in [2.24, 2.45) is 0 Å². The number of carbonyl (C=O) groups is 1. The molecule has 0 saturated carbocycles. The Balaban J connectivity index is 2.14. The van der Waals surface area contributed by atoms with Crippen LogP contribution in [0.3, 0.4) is 0 Å². The van der Waals surface area contributed by atoms with Crippen molar-refractivity contribution in [1.82, 2.24) is 0 Å². The molecule has 0 aliphatic carbocycles. The molecule has 4 heteroatoms. The van der Waals surface area contributed by atoms with Crippen LogP contribution in [-0.4, -0.2) is 19.0 Å². The van der Waals surface area contributed by atoms with Crippen molar-refractivity contribution in [3.63, 3.8) is 0 Å². The van der Waals surface area contributed by atoms with E-state index in [1.807, 2.05) is 36.4 Å². The molecule has 0 spiro atoms. The monoisotopic (exact) mass is 288 g/mol. The Morgan fingerprint density at radius 2 is 1.75 bits per heavy atom. The minimum absolute atomic E-state index is 0.0393. The van der Waals surface area contributed by atoms with Gasteiger partial charge in [-0.1, -0.05) is 23.7 Å². The summed E-state index contributed by atoms with van der Waals surface area (Å²) in [5.74, 6) is 1.12. The molecule has 0 amide bonds. The Morgan fingerprint density at radius 3 is 2.45 bits per heavy atom. The SMILES string of the molecule is CC(=O)c1cc(-c2ccc(Cl)cc2)cc2c1OCCO2. The van der Waals surface area contributed by atoms with Gasteiger partial charge in [0, 0.05) is 5.02 Å². The Kier molecular flexibility index (Phi) is 3.36. The third kappa shape index (κ3) is 2.37. The van der Waals surface area contributed by atoms with E-state index in [-0.39, 0.29) is 5.78 Å². The van der Waals surface area contributed by atoms with Crippen LogP contribution in [0.1, 0.15) is 17.3 Å². The zero-order valence-corrected chi connectivity index (χ0v) is 11.7. The fourth-order valence-electron chi connectivity index (χ4n) is 2.22. The first-order valence-corrected chi connectivity index (χ1v) is 6.73. The molecule has 0 saturated heterocycles. The van der Waals surface area contributed by atoms with Crippen molar-refractivity contribution in [2.45, 2.75) is 6.92 Å². The summed E-state index contributed by atoms with van der Waals surface area (Å²) in [5, 5.41) is 0.679. The van der Waals surface area contributed by atoms with Crippen molar-refractivity contribution in [2.75, 3.05) is 13.2 Å². The van der Waals surface area contributed by atoms with Crippen molar-refractivity contribution >= 4 is 17.4 Å². The molecule has 3 rings (SSSR count). The molecule has 0 unspecified atom stereocenters. The van der Waals surface area contributed by atoms with Gasteiger partial charge in [0.1, 0.15) is 13.2 Å². The third-order valence-electron chi connectivity index (χ3n) is 3.20. The molecular formula is C16H13ClO3. The maximum Gasteiger partial charge on any atom is 0.172 e. The van der Waals surface area contributed by atoms with Gasteiger partial charge in [-0.2, -0.15) is 0 Å². The molecule has 3 nitrogen and oxygen atoms in total. The number of carbonyl (C=O) groups excluding carboxylic acids is 1. The zero-order chi connectivity index (χ0) is 14.1. The Labute approximate surface area is 122 Å². The van der Waals surface area contributed by atoms with E-state index in [1.165, 1.54) is 6.92 Å². The number of hydrogen-bond acceptors (Lipinski definition) is 3. The summed E-state index contributed by atoms with van der Waals surface area (Å²) in [6, 6.07) is 11.2. The number of ketones is 1. The predicted molar refractivity (Wildman–Crippen MR) is 77.9 cm³/mol. The van der Waals surface area contributed by atoms with Crippen LogP contribution in [0.4, 0.5) is 0 Å². The van der Waals surface area contributed by atoms with E-state index in [4.69, 9.17) is 21.1 Å². The molecule has 20 heavy (non-hydrogen) atoms. The molecule has 0 N–H and O–H groups in total. The van der Waals surface area contributed by atoms with Gasteiger partial charge >= 0.3 is 0 Å². The van der Waals surface area contributed by atoms with E-state index >= 15 is 0 Å². The summed E-state index contributed by atoms with van der Waals surface area (Å²) in [6.45, 7) is 2.49. The lowest BCUT2D eigenvalue weighted by Crippen LogP contribution is -2.17. The average molecular weight is 289 g/mol. The van der Waals surface area contributed by atoms with E-state index in [0.717, 1.165) is 11.1 Å². The quantitative estimate of drug-likeness (QED) is 0.784. The van der Waals surface area contributed by atoms with Crippen molar-refractivity contribution in [1.29, 1.82) is 0 Å². The fourth-order valence-corrected chi connectivity index (χ4v) is 2.35. The normalized spacial score (nSPS) is 13.1. The van der Waals surface area contributed by atoms with Crippen LogP contribution in [0.2, 0.25) is 5.02 Å². The molecule has 1 aliphatic heterocycles. The van der Waals surface area contributed by atoms with Gasteiger partial charge in [-0.05, 0) is 42.3 Å². The fraction of sp³-hybridized carbons (Fsp3) is 0.188. The maximum atomic E-state index is 11.8. The molecular weight excluding hydrogens is 276 g/mol. The van der Waals surface area contributed by atoms with Gasteiger partial charge in [-0.3, -0.25) is 4.79 Å². The first-order chi connectivity index (χ1) is 9.65. The lowest BCUT2D eigenvalue weighted by Gasteiger charge is -2.21. The van der Waals surface area contributed by atoms with Crippen LogP contribution in [0.15, 0.2) is 36.4 Å². The molecule has 0 radical (unpaired) electrons. The summed E-state index contributed by atoms with van der Waals surface area (Å²) in [4.78, 5) is 11.8. The first kappa shape index (κ1) is 13.0. The molecule has 0 fully saturated rings. The number of halogens is 1. The summed E-state index contributed by atoms with van der Waals surface area (Å²) in [5.41, 5.74) is 2.44. The molecule has 0 atom stereocenters. The van der Waals surface area contributed by atoms with Gasteiger partial charge in [0.05, 0.1) is 5.56 Å². The Morgan fingerprint density at radius 1 is 1.05 bits per heavy atom. The highest BCUT2D eigenvalue weighted by Crippen LogP contribution is 2.38. The molecule has 2 aromatic carbocycles. The largest absolute Gasteiger partial charge is 0.486 e. The van der Waals surface area contributed by atoms with Crippen LogP contribution >= 0.6 is 11.6 Å². The first-order valence-electron chi connectivity index (χ1n) is 6.35. The maximum absolute atomic E-state index is 11.8. The van der Waals surface area contributed by atoms with Crippen molar-refractivity contribution in [3.8, 4) is 22.6 Å². The van der Waals surface area contributed by atoms with Crippen molar-refractivity contribution < 1.29 is 14.3 Å². The van der Waals surface area contributed by atoms with E-state index in [2.05, 4.69) is 0 Å². The molecule has 102 valence electrons. The molecule has 2 aromatic rings. The second-order valence-corrected chi connectivity index (χ2v) is 5.05. The van der Waals surface area contributed by atoms with Gasteiger partial charge in [0.25, 0.3) is 0 Å². The highest BCUT2D eigenvalue weighted by molar-refractivity contribution is 6.30. The standard InChI is InChI=1S/C16H13ClO3/c1-10(18)14-8-12(11-2-4-13(17)5-3-11)9-15-16(14)20-7-6-19-15/h2-5,8-9H,6-7H2,1H3. The van der Waals surface area contributed by atoms with Crippen LogP contribution in [0.5, 0.6) is 11.5 Å². The summed E-state index contributed by atoms with van der Waals surface area (Å²) < 4.78 is 11.2. The number of Topliss-reactive ketones (excluding diaryl/α,β-unsaturated/α-hetero) is 1. The van der Waals surface area contributed by atoms with Gasteiger partial charge < -0.3 is 9.47 Å². The minimum Gasteiger partial charge on any atom is -0.486 e. The number of hydrogen-bond donors (Lipinski definition) is 0. The third-order valence-corrected chi connectivity index (χ3v) is 3.45. The van der Waals surface area contributed by atoms with Crippen LogP contribution < -0.4 is 9.47 Å². The number of benzene rings is 2. The average Bonchev–Trinajstić information content (AvgIpc) is 2.46. The molecule has 1 heterocycles. The number of rotatable bonds is 2. The van der Waals surface area contributed by atoms with E-state index in [0.29, 0.717) is 35.3 Å². The van der Waals surface area contributed by atoms with Crippen LogP contribution in [0, 0.1) is 0 Å². The topological polar surface area (TPSA) is 35.5 Å². The van der Waals surface area contributed by atoms with Crippen LogP contribution in [0.25, 0.3) is 11.1 Å². The predicted octanol–water partition coefficient (Wildman–Crippen LogP) is 3.98. The highest BCUT2D eigenvalue weighted by atomic mass is 35.5. The van der Waals surface area contributed by atoms with Gasteiger partial charge in [-0.25, -0.2) is 0 Å². The van der Waals surface area contributed by atoms with Gasteiger partial charge in [-0.15, -0.1) is 0 Å². The lowest BCUT2D eigenvalue weighted by atomic mass is 10.00. The van der Waals surface area contributed by atoms with Gasteiger partial charge in [0.2, 0.25) is 0 Å². The van der Waals surface area contributed by atoms with E-state index < -0.39 is 0 Å². The lowest BCUT2D eigenvalue weighted by molar-refractivity contribution is 0.100.